The van der Waals surface area contributed by atoms with Gasteiger partial charge in [0.15, 0.2) is 0 Å². The van der Waals surface area contributed by atoms with E-state index >= 15 is 0 Å². The lowest BCUT2D eigenvalue weighted by Crippen LogP contribution is -2.25. The molecule has 212 valence electrons. The van der Waals surface area contributed by atoms with Crippen molar-refractivity contribution in [2.45, 2.75) is 59.5 Å². The topological polar surface area (TPSA) is 74.3 Å². The summed E-state index contributed by atoms with van der Waals surface area (Å²) in [6.07, 6.45) is 4.78. The van der Waals surface area contributed by atoms with Crippen molar-refractivity contribution in [2.75, 3.05) is 44.9 Å². The van der Waals surface area contributed by atoms with E-state index < -0.39 is 5.60 Å². The summed E-state index contributed by atoms with van der Waals surface area (Å²) in [5, 5.41) is 0. The number of ether oxygens (including phenoxy) is 4. The quantitative estimate of drug-likeness (QED) is 0.179. The van der Waals surface area contributed by atoms with E-state index in [1.54, 1.807) is 6.92 Å². The zero-order valence-electron chi connectivity index (χ0n) is 24.2. The second kappa shape index (κ2) is 14.2. The summed E-state index contributed by atoms with van der Waals surface area (Å²) in [4.78, 5) is 27.0. The molecule has 0 radical (unpaired) electrons. The molecule has 0 spiro atoms. The van der Waals surface area contributed by atoms with Crippen molar-refractivity contribution in [3.05, 3.63) is 53.6 Å². The van der Waals surface area contributed by atoms with Gasteiger partial charge >= 0.3 is 11.9 Å². The van der Waals surface area contributed by atoms with Crippen LogP contribution in [0.15, 0.2) is 48.0 Å². The monoisotopic (exact) mass is 537 g/mol. The van der Waals surface area contributed by atoms with Crippen molar-refractivity contribution in [3.8, 4) is 16.9 Å². The minimum absolute atomic E-state index is 0.164. The molecular weight excluding hydrogens is 494 g/mol. The fraction of sp³-hybridized carbons (Fsp3) is 0.500. The molecule has 39 heavy (non-hydrogen) atoms. The average Bonchev–Trinajstić information content (AvgIpc) is 3.39. The molecule has 1 heterocycles. The predicted molar refractivity (Wildman–Crippen MR) is 155 cm³/mol. The number of unbranched alkanes of at least 4 members (excludes halogenated alkanes) is 1. The number of methoxy groups -OCH3 is 1. The number of anilines is 1. The van der Waals surface area contributed by atoms with Crippen LogP contribution in [0.2, 0.25) is 0 Å². The molecule has 0 N–H and O–H groups in total. The Labute approximate surface area is 233 Å². The molecule has 0 saturated carbocycles. The van der Waals surface area contributed by atoms with E-state index in [1.807, 2.05) is 51.1 Å². The number of benzene rings is 2. The Morgan fingerprint density at radius 2 is 1.74 bits per heavy atom. The van der Waals surface area contributed by atoms with Gasteiger partial charge in [-0.1, -0.05) is 31.5 Å². The smallest absolute Gasteiger partial charge is 0.334 e. The van der Waals surface area contributed by atoms with Crippen LogP contribution in [0.4, 0.5) is 5.69 Å². The third-order valence-corrected chi connectivity index (χ3v) is 6.51. The molecule has 1 unspecified atom stereocenters. The van der Waals surface area contributed by atoms with Gasteiger partial charge in [-0.05, 0) is 87.6 Å². The van der Waals surface area contributed by atoms with Gasteiger partial charge in [-0.2, -0.15) is 0 Å². The Kier molecular flexibility index (Phi) is 11.0. The Hall–Kier alpha value is -3.32. The maximum absolute atomic E-state index is 12.7. The van der Waals surface area contributed by atoms with Crippen molar-refractivity contribution >= 4 is 23.7 Å². The van der Waals surface area contributed by atoms with Crippen LogP contribution in [-0.2, 0) is 23.8 Å². The van der Waals surface area contributed by atoms with E-state index in [0.29, 0.717) is 25.3 Å². The van der Waals surface area contributed by atoms with Gasteiger partial charge in [-0.15, -0.1) is 0 Å². The number of esters is 2. The van der Waals surface area contributed by atoms with E-state index in [2.05, 4.69) is 30.0 Å². The lowest BCUT2D eigenvalue weighted by Gasteiger charge is -2.23. The van der Waals surface area contributed by atoms with Gasteiger partial charge in [0.2, 0.25) is 0 Å². The summed E-state index contributed by atoms with van der Waals surface area (Å²) in [6, 6.07) is 14.2. The maximum atomic E-state index is 12.7. The number of carbonyl (C=O) groups excluding carboxylic acids is 2. The average molecular weight is 538 g/mol. The fourth-order valence-corrected chi connectivity index (χ4v) is 4.44. The molecule has 1 fully saturated rings. The highest BCUT2D eigenvalue weighted by Gasteiger charge is 2.30. The Morgan fingerprint density at radius 3 is 2.41 bits per heavy atom. The molecule has 2 aromatic carbocycles. The first-order valence-corrected chi connectivity index (χ1v) is 13.8. The summed E-state index contributed by atoms with van der Waals surface area (Å²) >= 11 is 0. The number of carbonyl (C=O) groups is 2. The fourth-order valence-electron chi connectivity index (χ4n) is 4.44. The van der Waals surface area contributed by atoms with Crippen LogP contribution in [-0.4, -0.2) is 57.6 Å². The van der Waals surface area contributed by atoms with Crippen molar-refractivity contribution in [1.29, 1.82) is 0 Å². The standard InChI is InChI=1S/C32H43NO6/c1-7-8-17-37-18-19-38-28-12-9-24(10-13-28)25-11-14-29(33-16-15-26(22-33)31(35)36-6)27(21-25)20-23(2)30(34)39-32(3,4)5/h9-14,20-21,26H,7-8,15-19,22H2,1-6H3/b23-20+. The van der Waals surface area contributed by atoms with Crippen molar-refractivity contribution in [1.82, 2.24) is 0 Å². The highest BCUT2D eigenvalue weighted by atomic mass is 16.6. The second-order valence-electron chi connectivity index (χ2n) is 10.9. The second-order valence-corrected chi connectivity index (χ2v) is 10.9. The van der Waals surface area contributed by atoms with E-state index in [0.717, 1.165) is 60.5 Å². The molecule has 2 aromatic rings. The molecule has 1 aliphatic heterocycles. The molecule has 0 amide bonds. The van der Waals surface area contributed by atoms with Gasteiger partial charge in [-0.3, -0.25) is 4.79 Å². The Bertz CT molecular complexity index is 1130. The molecule has 0 aromatic heterocycles. The molecular formula is C32H43NO6. The van der Waals surface area contributed by atoms with Crippen molar-refractivity contribution in [2.24, 2.45) is 5.92 Å². The van der Waals surface area contributed by atoms with Crippen molar-refractivity contribution < 1.29 is 28.5 Å². The van der Waals surface area contributed by atoms with Gasteiger partial charge in [-0.25, -0.2) is 4.79 Å². The number of rotatable bonds is 12. The van der Waals surface area contributed by atoms with Crippen molar-refractivity contribution in [3.63, 3.8) is 0 Å². The largest absolute Gasteiger partial charge is 0.491 e. The minimum Gasteiger partial charge on any atom is -0.491 e. The first kappa shape index (κ1) is 30.2. The Morgan fingerprint density at radius 1 is 1.03 bits per heavy atom. The van der Waals surface area contributed by atoms with Crippen LogP contribution >= 0.6 is 0 Å². The number of hydrogen-bond donors (Lipinski definition) is 0. The SMILES string of the molecule is CCCCOCCOc1ccc(-c2ccc(N3CCC(C(=O)OC)C3)c(/C=C(\C)C(=O)OC(C)(C)C)c2)cc1. The lowest BCUT2D eigenvalue weighted by molar-refractivity contribution is -0.149. The van der Waals surface area contributed by atoms with Crippen LogP contribution in [0.5, 0.6) is 5.75 Å². The molecule has 7 nitrogen and oxygen atoms in total. The molecule has 0 aliphatic carbocycles. The minimum atomic E-state index is -0.578. The molecule has 1 aliphatic rings. The van der Waals surface area contributed by atoms with E-state index in [4.69, 9.17) is 18.9 Å². The number of nitrogens with zero attached hydrogens (tertiary/aromatic N) is 1. The maximum Gasteiger partial charge on any atom is 0.334 e. The van der Waals surface area contributed by atoms with Crippen LogP contribution in [0.25, 0.3) is 17.2 Å². The lowest BCUT2D eigenvalue weighted by atomic mass is 9.99. The van der Waals surface area contributed by atoms with E-state index in [1.165, 1.54) is 7.11 Å². The van der Waals surface area contributed by atoms with Gasteiger partial charge in [0.05, 0.1) is 19.6 Å². The molecule has 3 rings (SSSR count). The van der Waals surface area contributed by atoms with Gasteiger partial charge in [0, 0.05) is 31.0 Å². The summed E-state index contributed by atoms with van der Waals surface area (Å²) in [5.41, 5.74) is 3.84. The third kappa shape index (κ3) is 9.13. The summed E-state index contributed by atoms with van der Waals surface area (Å²) in [7, 11) is 1.43. The highest BCUT2D eigenvalue weighted by molar-refractivity contribution is 5.95. The predicted octanol–water partition coefficient (Wildman–Crippen LogP) is 6.29. The zero-order chi connectivity index (χ0) is 28.4. The summed E-state index contributed by atoms with van der Waals surface area (Å²) in [5.74, 6) is 0.0863. The summed E-state index contributed by atoms with van der Waals surface area (Å²) < 4.78 is 21.9. The van der Waals surface area contributed by atoms with Gasteiger partial charge in [0.1, 0.15) is 18.0 Å². The molecule has 0 bridgehead atoms. The normalized spacial score (nSPS) is 15.8. The third-order valence-electron chi connectivity index (χ3n) is 6.51. The van der Waals surface area contributed by atoms with E-state index in [-0.39, 0.29) is 17.9 Å². The first-order chi connectivity index (χ1) is 18.6. The highest BCUT2D eigenvalue weighted by Crippen LogP contribution is 2.33. The Balaban J connectivity index is 1.82. The molecule has 1 saturated heterocycles. The molecule has 1 atom stereocenters. The first-order valence-electron chi connectivity index (χ1n) is 13.8. The van der Waals surface area contributed by atoms with E-state index in [9.17, 15) is 9.59 Å². The van der Waals surface area contributed by atoms with Crippen LogP contribution in [0.1, 0.15) is 59.4 Å². The summed E-state index contributed by atoms with van der Waals surface area (Å²) in [6.45, 7) is 12.6. The van der Waals surface area contributed by atoms with Crippen LogP contribution in [0, 0.1) is 5.92 Å². The zero-order valence-corrected chi connectivity index (χ0v) is 24.2. The van der Waals surface area contributed by atoms with Gasteiger partial charge in [0.25, 0.3) is 0 Å². The van der Waals surface area contributed by atoms with Gasteiger partial charge < -0.3 is 23.8 Å². The van der Waals surface area contributed by atoms with Crippen LogP contribution in [0.3, 0.4) is 0 Å². The molecule has 7 heteroatoms. The number of hydrogen-bond acceptors (Lipinski definition) is 7. The van der Waals surface area contributed by atoms with Crippen LogP contribution < -0.4 is 9.64 Å².